The second kappa shape index (κ2) is 5.80. The number of aromatic hydroxyl groups is 1. The van der Waals surface area contributed by atoms with Gasteiger partial charge in [-0.05, 0) is 32.3 Å². The molecule has 7 nitrogen and oxygen atoms in total. The zero-order chi connectivity index (χ0) is 22.9. The first-order valence-corrected chi connectivity index (χ1v) is 11.8. The molecule has 5 aliphatic heterocycles. The molecular formula is C25H32O7. The second-order valence-electron chi connectivity index (χ2n) is 11.3. The molecule has 32 heavy (non-hydrogen) atoms. The van der Waals surface area contributed by atoms with Crippen molar-refractivity contribution in [3.8, 4) is 11.5 Å². The normalized spacial score (nSPS) is 46.1. The predicted octanol–water partition coefficient (Wildman–Crippen LogP) is 3.61. The molecule has 4 bridgehead atoms. The number of carbonyl (C=O) groups excluding carboxylic acids is 1. The van der Waals surface area contributed by atoms with Crippen LogP contribution in [0.1, 0.15) is 81.8 Å². The number of hydrogen-bond donors (Lipinski definition) is 2. The Balaban J connectivity index is 1.60. The van der Waals surface area contributed by atoms with Crippen LogP contribution in [0.5, 0.6) is 11.5 Å². The summed E-state index contributed by atoms with van der Waals surface area (Å²) in [5, 5.41) is 22.5. The van der Waals surface area contributed by atoms with E-state index in [9.17, 15) is 15.0 Å². The number of benzene rings is 1. The van der Waals surface area contributed by atoms with Gasteiger partial charge in [-0.2, -0.15) is 0 Å². The van der Waals surface area contributed by atoms with Crippen molar-refractivity contribution in [1.82, 2.24) is 0 Å². The van der Waals surface area contributed by atoms with Crippen molar-refractivity contribution in [2.45, 2.75) is 102 Å². The number of phenolic OH excluding ortho intramolecular Hbond substituents is 1. The molecule has 5 heterocycles. The molecule has 1 aromatic rings. The standard InChI is InChI=1S/C25H32O7/c1-13(2)23-8-6-21(4)24(31-23)12-16-15-10-14(3)29-20(27)19(15)17(26)11-18(16)30-22(24,5)7-9-25(21,28)32-23/h11,13-14,26,28H,6-10,12H2,1-5H3. The molecule has 1 saturated carbocycles. The first-order valence-electron chi connectivity index (χ1n) is 11.8. The summed E-state index contributed by atoms with van der Waals surface area (Å²) >= 11 is 0. The molecule has 174 valence electrons. The zero-order valence-corrected chi connectivity index (χ0v) is 19.4. The van der Waals surface area contributed by atoms with Crippen molar-refractivity contribution in [3.05, 3.63) is 22.8 Å². The molecule has 3 saturated heterocycles. The van der Waals surface area contributed by atoms with Crippen LogP contribution < -0.4 is 4.74 Å². The van der Waals surface area contributed by atoms with Gasteiger partial charge in [-0.15, -0.1) is 0 Å². The van der Waals surface area contributed by atoms with Crippen molar-refractivity contribution >= 4 is 5.97 Å². The lowest BCUT2D eigenvalue weighted by molar-refractivity contribution is -0.543. The van der Waals surface area contributed by atoms with Crippen molar-refractivity contribution in [2.24, 2.45) is 11.3 Å². The van der Waals surface area contributed by atoms with Gasteiger partial charge in [-0.3, -0.25) is 0 Å². The molecular weight excluding hydrogens is 412 g/mol. The molecule has 2 N–H and O–H groups in total. The van der Waals surface area contributed by atoms with E-state index in [-0.39, 0.29) is 23.3 Å². The van der Waals surface area contributed by atoms with Crippen LogP contribution in [-0.4, -0.2) is 45.1 Å². The summed E-state index contributed by atoms with van der Waals surface area (Å²) in [6.45, 7) is 10.1. The number of cyclic esters (lactones) is 1. The SMILES string of the molecule is CC1Cc2c3c(cc(O)c2C(=O)O1)OC1(C)CCC2(O)OC4(C(C)C)CCC2(C)C1(C3)O4. The fraction of sp³-hybridized carbons (Fsp3) is 0.720. The van der Waals surface area contributed by atoms with Crippen molar-refractivity contribution in [1.29, 1.82) is 0 Å². The molecule has 0 radical (unpaired) electrons. The van der Waals surface area contributed by atoms with Gasteiger partial charge in [0.1, 0.15) is 34.4 Å². The molecule has 6 unspecified atom stereocenters. The van der Waals surface area contributed by atoms with Gasteiger partial charge in [0.05, 0.1) is 5.41 Å². The number of fused-ring (bicyclic) bond motifs is 4. The first kappa shape index (κ1) is 20.8. The van der Waals surface area contributed by atoms with Gasteiger partial charge in [0, 0.05) is 43.2 Å². The third-order valence-electron chi connectivity index (χ3n) is 9.34. The summed E-state index contributed by atoms with van der Waals surface area (Å²) < 4.78 is 25.5. The van der Waals surface area contributed by atoms with Crippen LogP contribution in [0.25, 0.3) is 0 Å². The van der Waals surface area contributed by atoms with E-state index in [4.69, 9.17) is 18.9 Å². The third-order valence-corrected chi connectivity index (χ3v) is 9.34. The number of phenols is 1. The molecule has 1 spiro atoms. The lowest BCUT2D eigenvalue weighted by atomic mass is 9.47. The number of aliphatic hydroxyl groups is 1. The highest BCUT2D eigenvalue weighted by atomic mass is 16.8. The van der Waals surface area contributed by atoms with Gasteiger partial charge in [-0.1, -0.05) is 20.8 Å². The van der Waals surface area contributed by atoms with E-state index in [1.165, 1.54) is 0 Å². The van der Waals surface area contributed by atoms with Crippen molar-refractivity contribution in [3.63, 3.8) is 0 Å². The number of rotatable bonds is 1. The van der Waals surface area contributed by atoms with Gasteiger partial charge in [-0.25, -0.2) is 4.79 Å². The number of hydrogen-bond acceptors (Lipinski definition) is 7. The van der Waals surface area contributed by atoms with Gasteiger partial charge in [0.25, 0.3) is 0 Å². The molecule has 0 amide bonds. The van der Waals surface area contributed by atoms with Crippen molar-refractivity contribution in [2.75, 3.05) is 0 Å². The Morgan fingerprint density at radius 1 is 1.09 bits per heavy atom. The van der Waals surface area contributed by atoms with Crippen LogP contribution in [0.2, 0.25) is 0 Å². The van der Waals surface area contributed by atoms with E-state index in [2.05, 4.69) is 27.7 Å². The molecule has 6 atom stereocenters. The minimum Gasteiger partial charge on any atom is -0.507 e. The first-order chi connectivity index (χ1) is 14.9. The maximum atomic E-state index is 12.6. The predicted molar refractivity (Wildman–Crippen MR) is 113 cm³/mol. The third kappa shape index (κ3) is 2.11. The molecule has 4 fully saturated rings. The average Bonchev–Trinajstić information content (AvgIpc) is 2.69. The van der Waals surface area contributed by atoms with Crippen LogP contribution >= 0.6 is 0 Å². The van der Waals surface area contributed by atoms with E-state index in [0.717, 1.165) is 17.5 Å². The van der Waals surface area contributed by atoms with E-state index in [1.807, 2.05) is 6.92 Å². The average molecular weight is 445 g/mol. The molecule has 1 aliphatic carbocycles. The van der Waals surface area contributed by atoms with E-state index in [1.54, 1.807) is 6.07 Å². The summed E-state index contributed by atoms with van der Waals surface area (Å²) in [5.41, 5.74) is -0.383. The second-order valence-corrected chi connectivity index (χ2v) is 11.3. The smallest absolute Gasteiger partial charge is 0.342 e. The highest BCUT2D eigenvalue weighted by Gasteiger charge is 2.81. The molecule has 7 heteroatoms. The van der Waals surface area contributed by atoms with Crippen molar-refractivity contribution < 1.29 is 34.0 Å². The Kier molecular flexibility index (Phi) is 3.76. The molecule has 0 aromatic heterocycles. The fourth-order valence-corrected chi connectivity index (χ4v) is 7.31. The van der Waals surface area contributed by atoms with Crippen LogP contribution in [0.4, 0.5) is 0 Å². The highest BCUT2D eigenvalue weighted by molar-refractivity contribution is 5.96. The van der Waals surface area contributed by atoms with Gasteiger partial charge < -0.3 is 29.2 Å². The molecule has 6 aliphatic rings. The Morgan fingerprint density at radius 3 is 2.56 bits per heavy atom. The minimum atomic E-state index is -1.31. The summed E-state index contributed by atoms with van der Waals surface area (Å²) in [4.78, 5) is 12.6. The Morgan fingerprint density at radius 2 is 1.84 bits per heavy atom. The highest BCUT2D eigenvalue weighted by Crippen LogP contribution is 2.72. The van der Waals surface area contributed by atoms with Gasteiger partial charge in [0.15, 0.2) is 11.6 Å². The minimum absolute atomic E-state index is 0.0447. The zero-order valence-electron chi connectivity index (χ0n) is 19.4. The monoisotopic (exact) mass is 444 g/mol. The molecule has 7 rings (SSSR count). The number of esters is 1. The van der Waals surface area contributed by atoms with Crippen LogP contribution in [0.15, 0.2) is 6.07 Å². The summed E-state index contributed by atoms with van der Waals surface area (Å²) in [5.74, 6) is -2.18. The maximum absolute atomic E-state index is 12.6. The lowest BCUT2D eigenvalue weighted by Crippen LogP contribution is -2.86. The summed E-state index contributed by atoms with van der Waals surface area (Å²) in [6.07, 6.45) is 3.18. The lowest BCUT2D eigenvalue weighted by Gasteiger charge is -2.75. The Bertz CT molecular complexity index is 1050. The van der Waals surface area contributed by atoms with E-state index in [0.29, 0.717) is 37.9 Å². The van der Waals surface area contributed by atoms with E-state index < -0.39 is 34.2 Å². The van der Waals surface area contributed by atoms with Crippen LogP contribution in [-0.2, 0) is 27.1 Å². The Labute approximate surface area is 188 Å². The van der Waals surface area contributed by atoms with Gasteiger partial charge >= 0.3 is 5.97 Å². The Hall–Kier alpha value is -1.83. The van der Waals surface area contributed by atoms with Gasteiger partial charge in [0.2, 0.25) is 0 Å². The fourth-order valence-electron chi connectivity index (χ4n) is 7.31. The van der Waals surface area contributed by atoms with E-state index >= 15 is 0 Å². The number of carbonyl (C=O) groups is 1. The number of ether oxygens (including phenoxy) is 4. The van der Waals surface area contributed by atoms with Crippen LogP contribution in [0.3, 0.4) is 0 Å². The maximum Gasteiger partial charge on any atom is 0.342 e. The summed E-state index contributed by atoms with van der Waals surface area (Å²) in [7, 11) is 0. The quantitative estimate of drug-likeness (QED) is 0.639. The summed E-state index contributed by atoms with van der Waals surface area (Å²) in [6, 6.07) is 1.54. The topological polar surface area (TPSA) is 94.5 Å². The molecule has 1 aromatic carbocycles. The van der Waals surface area contributed by atoms with Crippen LogP contribution in [0, 0.1) is 11.3 Å². The largest absolute Gasteiger partial charge is 0.507 e.